The molecule has 6 aliphatic rings. The summed E-state index contributed by atoms with van der Waals surface area (Å²) in [5.41, 5.74) is -0.622. The van der Waals surface area contributed by atoms with Crippen molar-refractivity contribution in [2.24, 2.45) is 40.4 Å². The summed E-state index contributed by atoms with van der Waals surface area (Å²) in [7, 11) is 0. The normalized spacial score (nSPS) is 42.9. The number of allylic oxidation sites excluding steroid dienone is 1. The molecule has 0 amide bonds. The van der Waals surface area contributed by atoms with E-state index >= 15 is 0 Å². The van der Waals surface area contributed by atoms with Gasteiger partial charge in [0.25, 0.3) is 0 Å². The second-order valence-corrected chi connectivity index (χ2v) is 14.8. The number of halogens is 1. The van der Waals surface area contributed by atoms with E-state index in [1.165, 1.54) is 6.08 Å². The van der Waals surface area contributed by atoms with Crippen LogP contribution in [0.3, 0.4) is 0 Å². The second-order valence-electron chi connectivity index (χ2n) is 14.4. The van der Waals surface area contributed by atoms with Gasteiger partial charge in [-0.05, 0) is 110 Å². The maximum atomic E-state index is 13.9. The van der Waals surface area contributed by atoms with Crippen molar-refractivity contribution in [1.82, 2.24) is 0 Å². The second kappa shape index (κ2) is 10.5. The number of hydrogen-bond acceptors (Lipinski definition) is 8. The minimum absolute atomic E-state index is 0.0125. The number of epoxide rings is 1. The standard InChI is InChI=1S/C35H41ClO8/c1-18-14-27(42-32(41)23(18)16-37)19(2)24-8-9-25-22-15-30-35(44-30)29(43-31(40)20-4-6-21(36)7-5-20)11-10-28(39)34(35,17-38)26(22)12-13-33(24,25)3/h4-7,10-11,19,22,24-27,29-30,37-38H,8-9,12-17H2,1-3H3/t19-,22-,24+,25-,26-,27+,29-,30+,33+,34-,35+/m0/s1. The van der Waals surface area contributed by atoms with Gasteiger partial charge in [-0.3, -0.25) is 4.79 Å². The van der Waals surface area contributed by atoms with E-state index in [0.717, 1.165) is 37.7 Å². The molecule has 0 aromatic heterocycles. The van der Waals surface area contributed by atoms with Gasteiger partial charge in [-0.2, -0.15) is 0 Å². The lowest BCUT2D eigenvalue weighted by molar-refractivity contribution is -0.164. The van der Waals surface area contributed by atoms with Gasteiger partial charge < -0.3 is 24.4 Å². The summed E-state index contributed by atoms with van der Waals surface area (Å²) in [6.07, 6.45) is 6.86. The first kappa shape index (κ1) is 30.2. The van der Waals surface area contributed by atoms with E-state index in [0.29, 0.717) is 34.4 Å². The van der Waals surface area contributed by atoms with E-state index < -0.39 is 29.1 Å². The Hall–Kier alpha value is -2.52. The van der Waals surface area contributed by atoms with Gasteiger partial charge >= 0.3 is 11.9 Å². The van der Waals surface area contributed by atoms with Gasteiger partial charge in [0, 0.05) is 11.4 Å². The molecule has 3 saturated carbocycles. The zero-order valence-electron chi connectivity index (χ0n) is 25.5. The Morgan fingerprint density at radius 3 is 2.57 bits per heavy atom. The van der Waals surface area contributed by atoms with E-state index in [1.807, 2.05) is 6.92 Å². The van der Waals surface area contributed by atoms with Crippen molar-refractivity contribution < 1.29 is 38.8 Å². The molecule has 2 heterocycles. The molecule has 2 aliphatic heterocycles. The van der Waals surface area contributed by atoms with Gasteiger partial charge in [-0.1, -0.05) is 31.0 Å². The quantitative estimate of drug-likeness (QED) is 0.340. The van der Waals surface area contributed by atoms with Gasteiger partial charge in [0.05, 0.1) is 35.9 Å². The fourth-order valence-electron chi connectivity index (χ4n) is 10.6. The van der Waals surface area contributed by atoms with Crippen LogP contribution >= 0.6 is 11.6 Å². The molecule has 7 rings (SSSR count). The van der Waals surface area contributed by atoms with E-state index in [1.54, 1.807) is 30.3 Å². The third kappa shape index (κ3) is 4.03. The molecule has 0 unspecified atom stereocenters. The predicted octanol–water partition coefficient (Wildman–Crippen LogP) is 4.84. The van der Waals surface area contributed by atoms with Crippen molar-refractivity contribution in [1.29, 1.82) is 0 Å². The Balaban J connectivity index is 1.15. The molecule has 1 aromatic carbocycles. The van der Waals surface area contributed by atoms with Crippen molar-refractivity contribution in [3.05, 3.63) is 58.1 Å². The molecule has 8 nitrogen and oxygen atoms in total. The highest BCUT2D eigenvalue weighted by molar-refractivity contribution is 6.30. The first-order valence-corrected chi connectivity index (χ1v) is 16.4. The summed E-state index contributed by atoms with van der Waals surface area (Å²) in [6.45, 7) is 5.81. The van der Waals surface area contributed by atoms with Crippen molar-refractivity contribution in [2.45, 2.75) is 83.2 Å². The maximum Gasteiger partial charge on any atom is 0.338 e. The third-order valence-electron chi connectivity index (χ3n) is 12.8. The molecule has 0 radical (unpaired) electrons. The van der Waals surface area contributed by atoms with Crippen LogP contribution < -0.4 is 0 Å². The minimum atomic E-state index is -1.17. The first-order chi connectivity index (χ1) is 21.0. The summed E-state index contributed by atoms with van der Waals surface area (Å²) in [4.78, 5) is 39.7. The number of rotatable bonds is 6. The predicted molar refractivity (Wildman–Crippen MR) is 161 cm³/mol. The maximum absolute atomic E-state index is 13.9. The monoisotopic (exact) mass is 624 g/mol. The van der Waals surface area contributed by atoms with E-state index in [4.69, 9.17) is 25.8 Å². The molecule has 4 aliphatic carbocycles. The zero-order valence-corrected chi connectivity index (χ0v) is 26.2. The highest BCUT2D eigenvalue weighted by Crippen LogP contribution is 2.73. The molecular formula is C35H41ClO8. The Morgan fingerprint density at radius 2 is 1.89 bits per heavy atom. The molecular weight excluding hydrogens is 584 g/mol. The van der Waals surface area contributed by atoms with Crippen LogP contribution in [-0.2, 0) is 23.8 Å². The third-order valence-corrected chi connectivity index (χ3v) is 13.1. The molecule has 9 heteroatoms. The molecule has 4 fully saturated rings. The molecule has 0 bridgehead atoms. The fourth-order valence-corrected chi connectivity index (χ4v) is 10.8. The van der Waals surface area contributed by atoms with Crippen LogP contribution in [0.4, 0.5) is 0 Å². The van der Waals surface area contributed by atoms with Crippen LogP contribution in [0, 0.1) is 40.4 Å². The van der Waals surface area contributed by atoms with Crippen LogP contribution in [0.5, 0.6) is 0 Å². The summed E-state index contributed by atoms with van der Waals surface area (Å²) in [5.74, 6) is -0.186. The van der Waals surface area contributed by atoms with E-state index in [-0.39, 0.29) is 54.4 Å². The Bertz CT molecular complexity index is 1450. The average Bonchev–Trinajstić information content (AvgIpc) is 3.62. The number of benzene rings is 1. The molecule has 44 heavy (non-hydrogen) atoms. The Labute approximate surface area is 262 Å². The smallest absolute Gasteiger partial charge is 0.338 e. The molecule has 1 spiro atoms. The van der Waals surface area contributed by atoms with Crippen molar-refractivity contribution >= 4 is 29.3 Å². The Kier molecular flexibility index (Phi) is 7.20. The molecule has 2 N–H and O–H groups in total. The van der Waals surface area contributed by atoms with Gasteiger partial charge in [0.2, 0.25) is 0 Å². The first-order valence-electron chi connectivity index (χ1n) is 16.0. The van der Waals surface area contributed by atoms with Gasteiger partial charge in [-0.25, -0.2) is 9.59 Å². The topological polar surface area (TPSA) is 123 Å². The minimum Gasteiger partial charge on any atom is -0.458 e. The zero-order chi connectivity index (χ0) is 31.2. The number of ketones is 1. The summed E-state index contributed by atoms with van der Waals surface area (Å²) >= 11 is 6.00. The number of ether oxygens (including phenoxy) is 3. The number of aliphatic hydroxyl groups is 2. The van der Waals surface area contributed by atoms with Crippen LogP contribution in [-0.4, -0.2) is 65.1 Å². The van der Waals surface area contributed by atoms with Gasteiger partial charge in [0.1, 0.15) is 6.10 Å². The fraction of sp³-hybridized carbons (Fsp3) is 0.629. The van der Waals surface area contributed by atoms with Gasteiger partial charge in [0.15, 0.2) is 17.5 Å². The van der Waals surface area contributed by atoms with Crippen LogP contribution in [0.1, 0.15) is 69.7 Å². The number of carbonyl (C=O) groups is 3. The highest BCUT2D eigenvalue weighted by atomic mass is 35.5. The molecule has 1 aromatic rings. The summed E-state index contributed by atoms with van der Waals surface area (Å²) < 4.78 is 18.4. The van der Waals surface area contributed by atoms with Crippen LogP contribution in [0.15, 0.2) is 47.6 Å². The lowest BCUT2D eigenvalue weighted by atomic mass is 9.44. The number of cyclic esters (lactones) is 1. The van der Waals surface area contributed by atoms with Crippen LogP contribution in [0.25, 0.3) is 0 Å². The SMILES string of the molecule is CC1=C(CO)C(=O)O[C@@H]([C@@H](C)[C@H]2CC[C@H]3[C@@H]4C[C@H]5O[C@]56[C@@H](OC(=O)c5ccc(Cl)cc5)C=CC(=O)[C@]6(CO)[C@H]4CC[C@]23C)C1. The van der Waals surface area contributed by atoms with Gasteiger partial charge in [-0.15, -0.1) is 0 Å². The molecule has 11 atom stereocenters. The summed E-state index contributed by atoms with van der Waals surface area (Å²) in [6, 6.07) is 6.48. The number of hydrogen-bond donors (Lipinski definition) is 2. The van der Waals surface area contributed by atoms with Crippen molar-refractivity contribution in [3.8, 4) is 0 Å². The Morgan fingerprint density at radius 1 is 1.14 bits per heavy atom. The molecule has 1 saturated heterocycles. The number of esters is 2. The van der Waals surface area contributed by atoms with E-state index in [2.05, 4.69) is 13.8 Å². The number of fused-ring (bicyclic) bond motifs is 4. The summed E-state index contributed by atoms with van der Waals surface area (Å²) in [5, 5.41) is 21.3. The van der Waals surface area contributed by atoms with Crippen molar-refractivity contribution in [3.63, 3.8) is 0 Å². The number of carbonyl (C=O) groups excluding carboxylic acids is 3. The lowest BCUT2D eigenvalue weighted by Crippen LogP contribution is -2.67. The highest BCUT2D eigenvalue weighted by Gasteiger charge is 2.82. The lowest BCUT2D eigenvalue weighted by Gasteiger charge is -2.58. The van der Waals surface area contributed by atoms with E-state index in [9.17, 15) is 24.6 Å². The average molecular weight is 625 g/mol. The number of aliphatic hydroxyl groups excluding tert-OH is 2. The molecule has 236 valence electrons. The largest absolute Gasteiger partial charge is 0.458 e. The van der Waals surface area contributed by atoms with Crippen molar-refractivity contribution in [2.75, 3.05) is 13.2 Å². The van der Waals surface area contributed by atoms with Crippen LogP contribution in [0.2, 0.25) is 5.02 Å².